The van der Waals surface area contributed by atoms with E-state index in [4.69, 9.17) is 26.8 Å². The minimum Gasteiger partial charge on any atom is -0.492 e. The molecule has 1 saturated heterocycles. The predicted octanol–water partition coefficient (Wildman–Crippen LogP) is 2.36. The van der Waals surface area contributed by atoms with Gasteiger partial charge in [0.25, 0.3) is 0 Å². The van der Waals surface area contributed by atoms with E-state index in [0.717, 1.165) is 25.4 Å². The zero-order valence-electron chi connectivity index (χ0n) is 10.0. The Morgan fingerprint density at radius 3 is 2.71 bits per heavy atom. The van der Waals surface area contributed by atoms with Crippen LogP contribution >= 0.6 is 11.6 Å². The Labute approximate surface area is 107 Å². The van der Waals surface area contributed by atoms with Gasteiger partial charge in [0.2, 0.25) is 0 Å². The Kier molecular flexibility index (Phi) is 3.92. The molecule has 1 aliphatic rings. The molecule has 4 heteroatoms. The Balaban J connectivity index is 2.24. The molecule has 0 spiro atoms. The molecule has 0 radical (unpaired) electrons. The smallest absolute Gasteiger partial charge is 0.137 e. The first-order chi connectivity index (χ1) is 8.22. The van der Waals surface area contributed by atoms with Gasteiger partial charge in [-0.1, -0.05) is 17.7 Å². The molecule has 0 unspecified atom stereocenters. The van der Waals surface area contributed by atoms with E-state index in [1.54, 1.807) is 0 Å². The van der Waals surface area contributed by atoms with Crippen LogP contribution in [0.3, 0.4) is 0 Å². The van der Waals surface area contributed by atoms with Gasteiger partial charge in [-0.05, 0) is 37.6 Å². The molecule has 3 nitrogen and oxygen atoms in total. The van der Waals surface area contributed by atoms with Crippen molar-refractivity contribution in [3.05, 3.63) is 28.8 Å². The van der Waals surface area contributed by atoms with Gasteiger partial charge >= 0.3 is 0 Å². The second-order valence-corrected chi connectivity index (χ2v) is 4.80. The summed E-state index contributed by atoms with van der Waals surface area (Å²) in [4.78, 5) is 0. The van der Waals surface area contributed by atoms with Crippen molar-refractivity contribution in [2.45, 2.75) is 18.8 Å². The van der Waals surface area contributed by atoms with Gasteiger partial charge in [-0.25, -0.2) is 0 Å². The second-order valence-electron chi connectivity index (χ2n) is 4.39. The lowest BCUT2D eigenvalue weighted by Gasteiger charge is -2.42. The van der Waals surface area contributed by atoms with Gasteiger partial charge in [-0.15, -0.1) is 0 Å². The molecular formula is C13H18ClNO2. The molecule has 1 fully saturated rings. The van der Waals surface area contributed by atoms with E-state index >= 15 is 0 Å². The molecule has 0 saturated carbocycles. The van der Waals surface area contributed by atoms with E-state index in [1.165, 1.54) is 5.56 Å². The lowest BCUT2D eigenvalue weighted by atomic mass is 9.76. The van der Waals surface area contributed by atoms with Crippen molar-refractivity contribution < 1.29 is 9.47 Å². The van der Waals surface area contributed by atoms with E-state index in [1.807, 2.05) is 19.1 Å². The number of ether oxygens (including phenoxy) is 2. The van der Waals surface area contributed by atoms with Crippen LogP contribution in [0.4, 0.5) is 0 Å². The molecular weight excluding hydrogens is 238 g/mol. The number of hydrogen-bond acceptors (Lipinski definition) is 3. The van der Waals surface area contributed by atoms with Crippen molar-refractivity contribution in [3.8, 4) is 5.75 Å². The fraction of sp³-hybridized carbons (Fsp3) is 0.538. The quantitative estimate of drug-likeness (QED) is 0.879. The van der Waals surface area contributed by atoms with E-state index < -0.39 is 0 Å². The highest BCUT2D eigenvalue weighted by Gasteiger charge is 2.39. The van der Waals surface area contributed by atoms with Crippen LogP contribution in [0.5, 0.6) is 5.75 Å². The van der Waals surface area contributed by atoms with Crippen molar-refractivity contribution in [1.29, 1.82) is 0 Å². The summed E-state index contributed by atoms with van der Waals surface area (Å²) >= 11 is 6.20. The van der Waals surface area contributed by atoms with Gasteiger partial charge in [-0.2, -0.15) is 0 Å². The molecule has 2 N–H and O–H groups in total. The summed E-state index contributed by atoms with van der Waals surface area (Å²) in [6, 6.07) is 5.97. The van der Waals surface area contributed by atoms with Crippen molar-refractivity contribution >= 4 is 11.6 Å². The van der Waals surface area contributed by atoms with E-state index in [0.29, 0.717) is 18.2 Å². The van der Waals surface area contributed by atoms with Gasteiger partial charge in [0.05, 0.1) is 24.8 Å². The molecule has 2 rings (SSSR count). The zero-order valence-corrected chi connectivity index (χ0v) is 10.8. The van der Waals surface area contributed by atoms with Gasteiger partial charge in [0.1, 0.15) is 5.75 Å². The number of rotatable bonds is 5. The molecule has 1 aromatic rings. The first-order valence-corrected chi connectivity index (χ1v) is 6.30. The van der Waals surface area contributed by atoms with Crippen LogP contribution in [-0.2, 0) is 10.2 Å². The predicted molar refractivity (Wildman–Crippen MR) is 68.8 cm³/mol. The summed E-state index contributed by atoms with van der Waals surface area (Å²) in [5.41, 5.74) is 6.92. The van der Waals surface area contributed by atoms with E-state index in [-0.39, 0.29) is 5.41 Å². The van der Waals surface area contributed by atoms with Crippen LogP contribution in [0.2, 0.25) is 5.02 Å². The lowest BCUT2D eigenvalue weighted by Crippen LogP contribution is -2.48. The van der Waals surface area contributed by atoms with Crippen molar-refractivity contribution in [1.82, 2.24) is 0 Å². The average molecular weight is 256 g/mol. The average Bonchev–Trinajstić information content (AvgIpc) is 2.27. The molecule has 0 amide bonds. The molecule has 0 aromatic heterocycles. The van der Waals surface area contributed by atoms with Gasteiger partial charge in [-0.3, -0.25) is 0 Å². The largest absolute Gasteiger partial charge is 0.492 e. The third kappa shape index (κ3) is 2.41. The Morgan fingerprint density at radius 1 is 1.47 bits per heavy atom. The van der Waals surface area contributed by atoms with Crippen molar-refractivity contribution in [2.75, 3.05) is 26.4 Å². The van der Waals surface area contributed by atoms with Crippen LogP contribution in [0, 0.1) is 0 Å². The maximum absolute atomic E-state index is 6.20. The minimum absolute atomic E-state index is 0.0587. The molecule has 1 heterocycles. The van der Waals surface area contributed by atoms with E-state index in [9.17, 15) is 0 Å². The fourth-order valence-corrected chi connectivity index (χ4v) is 2.42. The fourth-order valence-electron chi connectivity index (χ4n) is 2.18. The first-order valence-electron chi connectivity index (χ1n) is 5.92. The molecule has 94 valence electrons. The maximum atomic E-state index is 6.20. The maximum Gasteiger partial charge on any atom is 0.137 e. The van der Waals surface area contributed by atoms with Crippen LogP contribution in [0.1, 0.15) is 18.9 Å². The van der Waals surface area contributed by atoms with Crippen molar-refractivity contribution in [3.63, 3.8) is 0 Å². The van der Waals surface area contributed by atoms with Crippen LogP contribution < -0.4 is 10.5 Å². The molecule has 0 bridgehead atoms. The highest BCUT2D eigenvalue weighted by molar-refractivity contribution is 6.32. The van der Waals surface area contributed by atoms with Crippen LogP contribution in [0.15, 0.2) is 18.2 Å². The molecule has 0 aliphatic carbocycles. The Hall–Kier alpha value is -0.770. The second kappa shape index (κ2) is 5.25. The number of benzene rings is 1. The van der Waals surface area contributed by atoms with Crippen LogP contribution in [0.25, 0.3) is 0 Å². The lowest BCUT2D eigenvalue weighted by molar-refractivity contribution is -0.0631. The number of nitrogens with two attached hydrogens (primary N) is 1. The van der Waals surface area contributed by atoms with Crippen molar-refractivity contribution in [2.24, 2.45) is 5.73 Å². The normalized spacial score (nSPS) is 17.6. The highest BCUT2D eigenvalue weighted by Crippen LogP contribution is 2.38. The molecule has 17 heavy (non-hydrogen) atoms. The van der Waals surface area contributed by atoms with Gasteiger partial charge in [0.15, 0.2) is 0 Å². The van der Waals surface area contributed by atoms with E-state index in [2.05, 4.69) is 6.07 Å². The third-order valence-electron chi connectivity index (χ3n) is 3.22. The molecule has 1 aromatic carbocycles. The van der Waals surface area contributed by atoms with Gasteiger partial charge in [0, 0.05) is 5.41 Å². The zero-order chi connectivity index (χ0) is 12.3. The molecule has 1 aliphatic heterocycles. The summed E-state index contributed by atoms with van der Waals surface area (Å²) in [6.45, 7) is 4.69. The van der Waals surface area contributed by atoms with Gasteiger partial charge < -0.3 is 15.2 Å². The number of hydrogen-bond donors (Lipinski definition) is 1. The summed E-state index contributed by atoms with van der Waals surface area (Å²) < 4.78 is 10.8. The van der Waals surface area contributed by atoms with Crippen LogP contribution in [-0.4, -0.2) is 26.4 Å². The topological polar surface area (TPSA) is 44.5 Å². The summed E-state index contributed by atoms with van der Waals surface area (Å²) in [5, 5.41) is 0.660. The summed E-state index contributed by atoms with van der Waals surface area (Å²) in [6.07, 6.45) is 0.928. The monoisotopic (exact) mass is 255 g/mol. The number of halogens is 1. The first kappa shape index (κ1) is 12.7. The summed E-state index contributed by atoms with van der Waals surface area (Å²) in [7, 11) is 0. The highest BCUT2D eigenvalue weighted by atomic mass is 35.5. The Morgan fingerprint density at radius 2 is 2.24 bits per heavy atom. The summed E-state index contributed by atoms with van der Waals surface area (Å²) in [5.74, 6) is 0.737. The Bertz CT molecular complexity index is 391. The standard InChI is InChI=1S/C13H18ClNO2/c1-2-17-12-4-3-10(7-11(12)14)13(5-6-15)8-16-9-13/h3-4,7H,2,5-6,8-9,15H2,1H3. The molecule has 0 atom stereocenters. The SMILES string of the molecule is CCOc1ccc(C2(CCN)COC2)cc1Cl. The minimum atomic E-state index is 0.0587. The third-order valence-corrected chi connectivity index (χ3v) is 3.52.